The van der Waals surface area contributed by atoms with Crippen molar-refractivity contribution in [3.8, 4) is 5.75 Å². The van der Waals surface area contributed by atoms with Crippen molar-refractivity contribution in [3.05, 3.63) is 41.5 Å². The van der Waals surface area contributed by atoms with Crippen molar-refractivity contribution < 1.29 is 9.90 Å². The van der Waals surface area contributed by atoms with E-state index in [0.29, 0.717) is 0 Å². The lowest BCUT2D eigenvalue weighted by molar-refractivity contribution is -0.127. The molecule has 0 heterocycles. The van der Waals surface area contributed by atoms with E-state index in [0.717, 1.165) is 17.6 Å². The molecular formula is C15H21NO2. The van der Waals surface area contributed by atoms with Crippen LogP contribution < -0.4 is 0 Å². The number of rotatable bonds is 4. The van der Waals surface area contributed by atoms with Gasteiger partial charge in [0, 0.05) is 18.2 Å². The van der Waals surface area contributed by atoms with Gasteiger partial charge >= 0.3 is 0 Å². The number of para-hydroxylation sites is 1. The third-order valence-corrected chi connectivity index (χ3v) is 3.14. The zero-order valence-electron chi connectivity index (χ0n) is 11.5. The van der Waals surface area contributed by atoms with Gasteiger partial charge < -0.3 is 10.0 Å². The van der Waals surface area contributed by atoms with Gasteiger partial charge in [-0.05, 0) is 26.3 Å². The Kier molecular flexibility index (Phi) is 4.95. The van der Waals surface area contributed by atoms with Crippen molar-refractivity contribution in [2.45, 2.75) is 33.2 Å². The molecule has 1 N–H and O–H groups in total. The molecule has 1 aromatic rings. The molecule has 0 aromatic heterocycles. The Bertz CT molecular complexity index is 452. The number of hydrogen-bond acceptors (Lipinski definition) is 2. The summed E-state index contributed by atoms with van der Waals surface area (Å²) in [5, 5.41) is 9.80. The number of amides is 1. The lowest BCUT2D eigenvalue weighted by Gasteiger charge is -2.26. The number of allylic oxidation sites excluding steroid dienone is 1. The third kappa shape index (κ3) is 3.13. The normalized spacial score (nSPS) is 13.2. The fourth-order valence-electron chi connectivity index (χ4n) is 1.90. The first-order chi connectivity index (χ1) is 8.49. The molecule has 1 atom stereocenters. The van der Waals surface area contributed by atoms with Crippen molar-refractivity contribution in [1.82, 2.24) is 4.90 Å². The smallest absolute Gasteiger partial charge is 0.249 e. The van der Waals surface area contributed by atoms with Crippen LogP contribution in [-0.2, 0) is 4.79 Å². The number of benzene rings is 1. The number of phenolic OH excluding ortho intramolecular Hbond substituents is 1. The number of hydrogen-bond donors (Lipinski definition) is 1. The molecule has 3 nitrogen and oxygen atoms in total. The molecule has 1 unspecified atom stereocenters. The Morgan fingerprint density at radius 1 is 1.44 bits per heavy atom. The molecule has 1 amide bonds. The number of likely N-dealkylation sites (N-methyl/N-ethyl adjacent to an activating group) is 1. The van der Waals surface area contributed by atoms with Crippen LogP contribution in [0.1, 0.15) is 38.8 Å². The van der Waals surface area contributed by atoms with Gasteiger partial charge in [-0.2, -0.15) is 0 Å². The summed E-state index contributed by atoms with van der Waals surface area (Å²) in [5.41, 5.74) is 1.50. The van der Waals surface area contributed by atoms with E-state index in [4.69, 9.17) is 0 Å². The Morgan fingerprint density at radius 2 is 2.06 bits per heavy atom. The first kappa shape index (κ1) is 14.3. The molecule has 1 rings (SSSR count). The molecule has 0 aliphatic heterocycles. The van der Waals surface area contributed by atoms with Gasteiger partial charge in [-0.15, -0.1) is 0 Å². The number of aromatic hydroxyl groups is 1. The average Bonchev–Trinajstić information content (AvgIpc) is 2.37. The van der Waals surface area contributed by atoms with E-state index in [9.17, 15) is 9.90 Å². The molecule has 0 spiro atoms. The van der Waals surface area contributed by atoms with Crippen molar-refractivity contribution in [1.29, 1.82) is 0 Å². The van der Waals surface area contributed by atoms with E-state index in [1.54, 1.807) is 24.1 Å². The highest BCUT2D eigenvalue weighted by Gasteiger charge is 2.20. The molecular weight excluding hydrogens is 226 g/mol. The van der Waals surface area contributed by atoms with Crippen LogP contribution in [0.25, 0.3) is 0 Å². The maximum absolute atomic E-state index is 12.1. The number of carbonyl (C=O) groups is 1. The van der Waals surface area contributed by atoms with Gasteiger partial charge in [0.25, 0.3) is 0 Å². The summed E-state index contributed by atoms with van der Waals surface area (Å²) in [6.07, 6.45) is 2.76. The predicted octanol–water partition coefficient (Wildman–Crippen LogP) is 3.27. The summed E-state index contributed by atoms with van der Waals surface area (Å²) >= 11 is 0. The van der Waals surface area contributed by atoms with Crippen molar-refractivity contribution >= 4 is 5.91 Å². The van der Waals surface area contributed by atoms with Gasteiger partial charge in [0.2, 0.25) is 5.91 Å². The van der Waals surface area contributed by atoms with Crippen LogP contribution in [0.3, 0.4) is 0 Å². The first-order valence-electron chi connectivity index (χ1n) is 6.20. The van der Waals surface area contributed by atoms with Gasteiger partial charge in [0.05, 0.1) is 6.04 Å². The monoisotopic (exact) mass is 247 g/mol. The second-order valence-electron chi connectivity index (χ2n) is 4.45. The molecule has 0 fully saturated rings. The largest absolute Gasteiger partial charge is 0.508 e. The van der Waals surface area contributed by atoms with Crippen LogP contribution >= 0.6 is 0 Å². The van der Waals surface area contributed by atoms with Crippen LogP contribution in [0, 0.1) is 0 Å². The maximum Gasteiger partial charge on any atom is 0.249 e. The second kappa shape index (κ2) is 6.24. The fraction of sp³-hybridized carbons (Fsp3) is 0.400. The maximum atomic E-state index is 12.1. The number of nitrogens with zero attached hydrogens (tertiary/aromatic N) is 1. The highest BCUT2D eigenvalue weighted by molar-refractivity contribution is 5.92. The van der Waals surface area contributed by atoms with Crippen LogP contribution in [-0.4, -0.2) is 23.0 Å². The van der Waals surface area contributed by atoms with Gasteiger partial charge in [-0.3, -0.25) is 4.79 Å². The summed E-state index contributed by atoms with van der Waals surface area (Å²) in [6, 6.07) is 6.95. The van der Waals surface area contributed by atoms with Crippen LogP contribution in [0.2, 0.25) is 0 Å². The van der Waals surface area contributed by atoms with E-state index in [1.165, 1.54) is 0 Å². The molecule has 3 heteroatoms. The molecule has 0 aliphatic rings. The molecule has 98 valence electrons. The summed E-state index contributed by atoms with van der Waals surface area (Å²) in [6.45, 7) is 5.73. The number of carbonyl (C=O) groups excluding carboxylic acids is 1. The number of phenols is 1. The van der Waals surface area contributed by atoms with E-state index >= 15 is 0 Å². The average molecular weight is 247 g/mol. The highest BCUT2D eigenvalue weighted by Crippen LogP contribution is 2.27. The third-order valence-electron chi connectivity index (χ3n) is 3.14. The molecule has 0 aliphatic carbocycles. The Balaban J connectivity index is 2.91. The summed E-state index contributed by atoms with van der Waals surface area (Å²) in [5.74, 6) is 0.217. The standard InChI is InChI=1S/C15H21NO2/c1-5-8-11(2)15(18)16(4)12(3)13-9-6-7-10-14(13)17/h6-10,12,17H,5H2,1-4H3/b11-8+. The lowest BCUT2D eigenvalue weighted by atomic mass is 10.1. The minimum atomic E-state index is -0.154. The second-order valence-corrected chi connectivity index (χ2v) is 4.45. The first-order valence-corrected chi connectivity index (χ1v) is 6.20. The minimum Gasteiger partial charge on any atom is -0.508 e. The van der Waals surface area contributed by atoms with Crippen molar-refractivity contribution in [2.75, 3.05) is 7.05 Å². The van der Waals surface area contributed by atoms with Crippen LogP contribution in [0.4, 0.5) is 0 Å². The quantitative estimate of drug-likeness (QED) is 0.829. The van der Waals surface area contributed by atoms with Crippen molar-refractivity contribution in [3.63, 3.8) is 0 Å². The van der Waals surface area contributed by atoms with Gasteiger partial charge in [-0.25, -0.2) is 0 Å². The van der Waals surface area contributed by atoms with Crippen molar-refractivity contribution in [2.24, 2.45) is 0 Å². The molecule has 0 saturated carbocycles. The zero-order valence-corrected chi connectivity index (χ0v) is 11.5. The molecule has 0 saturated heterocycles. The van der Waals surface area contributed by atoms with E-state index < -0.39 is 0 Å². The summed E-state index contributed by atoms with van der Waals surface area (Å²) in [4.78, 5) is 13.8. The highest BCUT2D eigenvalue weighted by atomic mass is 16.3. The van der Waals surface area contributed by atoms with Gasteiger partial charge in [-0.1, -0.05) is 31.2 Å². The molecule has 18 heavy (non-hydrogen) atoms. The van der Waals surface area contributed by atoms with E-state index in [-0.39, 0.29) is 17.7 Å². The predicted molar refractivity (Wildman–Crippen MR) is 73.3 cm³/mol. The topological polar surface area (TPSA) is 40.5 Å². The Labute approximate surface area is 109 Å². The Hall–Kier alpha value is -1.77. The van der Waals surface area contributed by atoms with Gasteiger partial charge in [0.15, 0.2) is 0 Å². The lowest BCUT2D eigenvalue weighted by Crippen LogP contribution is -2.30. The Morgan fingerprint density at radius 3 is 2.61 bits per heavy atom. The minimum absolute atomic E-state index is 0.00685. The van der Waals surface area contributed by atoms with Gasteiger partial charge in [0.1, 0.15) is 5.75 Å². The molecule has 0 bridgehead atoms. The summed E-state index contributed by atoms with van der Waals surface area (Å²) < 4.78 is 0. The van der Waals surface area contributed by atoms with E-state index in [2.05, 4.69) is 0 Å². The van der Waals surface area contributed by atoms with Crippen LogP contribution in [0.15, 0.2) is 35.9 Å². The molecule has 1 aromatic carbocycles. The summed E-state index contributed by atoms with van der Waals surface area (Å²) in [7, 11) is 1.76. The fourth-order valence-corrected chi connectivity index (χ4v) is 1.90. The van der Waals surface area contributed by atoms with Crippen LogP contribution in [0.5, 0.6) is 5.75 Å². The molecule has 0 radical (unpaired) electrons. The SMILES string of the molecule is CC/C=C(\C)C(=O)N(C)C(C)c1ccccc1O. The zero-order chi connectivity index (χ0) is 13.7. The van der Waals surface area contributed by atoms with E-state index in [1.807, 2.05) is 39.0 Å².